The molecule has 0 N–H and O–H groups in total. The minimum Gasteiger partial charge on any atom is -0.314 e. The maximum Gasteiger partial charge on any atom is 0.262 e. The summed E-state index contributed by atoms with van der Waals surface area (Å²) in [7, 11) is 1.93. The SMILES string of the molecule is CN1C2=NCCCN2C(=O)c2cc(Cl)ccc21. The summed E-state index contributed by atoms with van der Waals surface area (Å²) in [5.74, 6) is 0.745. The molecule has 17 heavy (non-hydrogen) atoms. The van der Waals surface area contributed by atoms with Crippen LogP contribution in [0.5, 0.6) is 0 Å². The number of halogens is 1. The number of anilines is 1. The second-order valence-electron chi connectivity index (χ2n) is 4.21. The van der Waals surface area contributed by atoms with Crippen molar-refractivity contribution in [2.75, 3.05) is 25.0 Å². The van der Waals surface area contributed by atoms with Crippen molar-refractivity contribution < 1.29 is 4.79 Å². The molecule has 0 saturated carbocycles. The van der Waals surface area contributed by atoms with E-state index in [2.05, 4.69) is 4.99 Å². The van der Waals surface area contributed by atoms with Crippen LogP contribution in [0.2, 0.25) is 5.02 Å². The Morgan fingerprint density at radius 1 is 1.41 bits per heavy atom. The van der Waals surface area contributed by atoms with Gasteiger partial charge in [-0.3, -0.25) is 14.7 Å². The van der Waals surface area contributed by atoms with Crippen LogP contribution in [0.4, 0.5) is 5.69 Å². The van der Waals surface area contributed by atoms with Gasteiger partial charge >= 0.3 is 0 Å². The van der Waals surface area contributed by atoms with Gasteiger partial charge in [0.15, 0.2) is 0 Å². The van der Waals surface area contributed by atoms with E-state index in [4.69, 9.17) is 11.6 Å². The number of hydrogen-bond donors (Lipinski definition) is 0. The lowest BCUT2D eigenvalue weighted by Gasteiger charge is -2.38. The molecule has 5 heteroatoms. The summed E-state index contributed by atoms with van der Waals surface area (Å²) >= 11 is 5.95. The molecule has 2 heterocycles. The number of guanidine groups is 1. The summed E-state index contributed by atoms with van der Waals surface area (Å²) in [5, 5.41) is 0.586. The second-order valence-corrected chi connectivity index (χ2v) is 4.65. The zero-order valence-electron chi connectivity index (χ0n) is 9.48. The van der Waals surface area contributed by atoms with Crippen molar-refractivity contribution in [2.45, 2.75) is 6.42 Å². The summed E-state index contributed by atoms with van der Waals surface area (Å²) in [6.07, 6.45) is 0.916. The number of carbonyl (C=O) groups is 1. The number of rotatable bonds is 0. The molecule has 1 aromatic carbocycles. The second kappa shape index (κ2) is 3.74. The van der Waals surface area contributed by atoms with E-state index in [0.29, 0.717) is 10.6 Å². The maximum absolute atomic E-state index is 12.3. The summed E-state index contributed by atoms with van der Waals surface area (Å²) < 4.78 is 0. The van der Waals surface area contributed by atoms with Crippen molar-refractivity contribution in [3.05, 3.63) is 28.8 Å². The predicted molar refractivity (Wildman–Crippen MR) is 67.8 cm³/mol. The third-order valence-corrected chi connectivity index (χ3v) is 3.37. The number of hydrogen-bond acceptors (Lipinski definition) is 3. The molecule has 0 aromatic heterocycles. The molecule has 1 amide bonds. The molecule has 88 valence electrons. The topological polar surface area (TPSA) is 35.9 Å². The molecule has 0 bridgehead atoms. The van der Waals surface area contributed by atoms with Crippen LogP contribution < -0.4 is 4.90 Å². The number of nitrogens with zero attached hydrogens (tertiary/aromatic N) is 3. The molecular formula is C12H12ClN3O. The lowest BCUT2D eigenvalue weighted by Crippen LogP contribution is -2.52. The Labute approximate surface area is 104 Å². The van der Waals surface area contributed by atoms with E-state index in [9.17, 15) is 4.79 Å². The monoisotopic (exact) mass is 249 g/mol. The van der Waals surface area contributed by atoms with Crippen molar-refractivity contribution in [2.24, 2.45) is 4.99 Å². The van der Waals surface area contributed by atoms with Gasteiger partial charge in [0.2, 0.25) is 5.96 Å². The Hall–Kier alpha value is -1.55. The van der Waals surface area contributed by atoms with Gasteiger partial charge in [0.05, 0.1) is 11.3 Å². The highest BCUT2D eigenvalue weighted by Crippen LogP contribution is 2.30. The summed E-state index contributed by atoms with van der Waals surface area (Å²) in [4.78, 5) is 20.4. The van der Waals surface area contributed by atoms with Gasteiger partial charge < -0.3 is 4.90 Å². The van der Waals surface area contributed by atoms with Crippen molar-refractivity contribution in [1.82, 2.24) is 4.90 Å². The molecular weight excluding hydrogens is 238 g/mol. The Kier molecular flexibility index (Phi) is 2.33. The molecule has 0 radical (unpaired) electrons. The van der Waals surface area contributed by atoms with E-state index >= 15 is 0 Å². The van der Waals surface area contributed by atoms with Crippen LogP contribution in [-0.2, 0) is 0 Å². The minimum atomic E-state index is -0.000880. The number of carbonyl (C=O) groups excluding carboxylic acids is 1. The largest absolute Gasteiger partial charge is 0.314 e. The van der Waals surface area contributed by atoms with E-state index in [1.165, 1.54) is 0 Å². The fourth-order valence-electron chi connectivity index (χ4n) is 2.30. The van der Waals surface area contributed by atoms with Gasteiger partial charge in [-0.25, -0.2) is 0 Å². The number of amides is 1. The average Bonchev–Trinajstić information content (AvgIpc) is 2.36. The number of benzene rings is 1. The third-order valence-electron chi connectivity index (χ3n) is 3.13. The average molecular weight is 250 g/mol. The molecule has 2 aliphatic heterocycles. The normalized spacial score (nSPS) is 18.7. The molecule has 0 atom stereocenters. The fourth-order valence-corrected chi connectivity index (χ4v) is 2.47. The zero-order valence-corrected chi connectivity index (χ0v) is 10.2. The van der Waals surface area contributed by atoms with Gasteiger partial charge in [0.25, 0.3) is 5.91 Å². The summed E-state index contributed by atoms with van der Waals surface area (Å²) in [6, 6.07) is 5.38. The van der Waals surface area contributed by atoms with Gasteiger partial charge in [-0.1, -0.05) is 11.6 Å². The van der Waals surface area contributed by atoms with Crippen LogP contribution in [0.3, 0.4) is 0 Å². The van der Waals surface area contributed by atoms with Gasteiger partial charge in [0, 0.05) is 25.2 Å². The predicted octanol–water partition coefficient (Wildman–Crippen LogP) is 1.99. The van der Waals surface area contributed by atoms with Crippen LogP contribution in [-0.4, -0.2) is 36.9 Å². The van der Waals surface area contributed by atoms with Crippen molar-refractivity contribution in [1.29, 1.82) is 0 Å². The molecule has 3 rings (SSSR count). The molecule has 1 aromatic rings. The summed E-state index contributed by atoms with van der Waals surface area (Å²) in [5.41, 5.74) is 1.53. The van der Waals surface area contributed by atoms with Gasteiger partial charge in [0.1, 0.15) is 0 Å². The maximum atomic E-state index is 12.3. The first kappa shape index (κ1) is 10.6. The lowest BCUT2D eigenvalue weighted by atomic mass is 10.1. The zero-order chi connectivity index (χ0) is 12.0. The van der Waals surface area contributed by atoms with Gasteiger partial charge in [-0.15, -0.1) is 0 Å². The van der Waals surface area contributed by atoms with Crippen LogP contribution in [0.15, 0.2) is 23.2 Å². The molecule has 0 unspecified atom stereocenters. The van der Waals surface area contributed by atoms with E-state index in [1.807, 2.05) is 18.0 Å². The fraction of sp³-hybridized carbons (Fsp3) is 0.333. The molecule has 2 aliphatic rings. The number of fused-ring (bicyclic) bond motifs is 2. The lowest BCUT2D eigenvalue weighted by molar-refractivity contribution is 0.0834. The first-order valence-corrected chi connectivity index (χ1v) is 5.96. The van der Waals surface area contributed by atoms with E-state index < -0.39 is 0 Å². The van der Waals surface area contributed by atoms with Crippen LogP contribution in [0, 0.1) is 0 Å². The Morgan fingerprint density at radius 3 is 3.06 bits per heavy atom. The molecule has 4 nitrogen and oxygen atoms in total. The van der Waals surface area contributed by atoms with Crippen molar-refractivity contribution in [3.8, 4) is 0 Å². The smallest absolute Gasteiger partial charge is 0.262 e. The van der Waals surface area contributed by atoms with Crippen LogP contribution in [0.1, 0.15) is 16.8 Å². The number of aliphatic imine (C=N–C) groups is 1. The van der Waals surface area contributed by atoms with Crippen molar-refractivity contribution >= 4 is 29.2 Å². The molecule has 0 saturated heterocycles. The van der Waals surface area contributed by atoms with Gasteiger partial charge in [-0.05, 0) is 24.6 Å². The highest BCUT2D eigenvalue weighted by molar-refractivity contribution is 6.31. The quantitative estimate of drug-likeness (QED) is 0.705. The van der Waals surface area contributed by atoms with Crippen molar-refractivity contribution in [3.63, 3.8) is 0 Å². The van der Waals surface area contributed by atoms with E-state index in [0.717, 1.165) is 31.2 Å². The van der Waals surface area contributed by atoms with Gasteiger partial charge in [-0.2, -0.15) is 0 Å². The minimum absolute atomic E-state index is 0.000880. The third kappa shape index (κ3) is 1.52. The van der Waals surface area contributed by atoms with E-state index in [-0.39, 0.29) is 5.91 Å². The molecule has 0 fully saturated rings. The Bertz CT molecular complexity index is 526. The van der Waals surface area contributed by atoms with Crippen LogP contribution in [0.25, 0.3) is 0 Å². The highest BCUT2D eigenvalue weighted by Gasteiger charge is 2.34. The Balaban J connectivity index is 2.18. The molecule has 0 spiro atoms. The van der Waals surface area contributed by atoms with E-state index in [1.54, 1.807) is 17.0 Å². The Morgan fingerprint density at radius 2 is 2.24 bits per heavy atom. The van der Waals surface area contributed by atoms with Crippen LogP contribution >= 0.6 is 11.6 Å². The first-order valence-electron chi connectivity index (χ1n) is 5.58. The molecule has 0 aliphatic carbocycles. The standard InChI is InChI=1S/C12H12ClN3O/c1-15-10-4-3-8(13)7-9(10)11(17)16-6-2-5-14-12(15)16/h3-4,7H,2,5-6H2,1H3. The first-order chi connectivity index (χ1) is 8.18. The highest BCUT2D eigenvalue weighted by atomic mass is 35.5. The summed E-state index contributed by atoms with van der Waals surface area (Å²) in [6.45, 7) is 1.51.